The largest absolute Gasteiger partial charge is 0.356 e. The van der Waals surface area contributed by atoms with Gasteiger partial charge in [-0.3, -0.25) is 9.20 Å². The summed E-state index contributed by atoms with van der Waals surface area (Å²) in [5.74, 6) is -0.128. The maximum atomic E-state index is 13.4. The highest BCUT2D eigenvalue weighted by atomic mass is 35.5. The number of rotatable bonds is 5. The molecule has 1 N–H and O–H groups in total. The Labute approximate surface area is 164 Å². The zero-order valence-corrected chi connectivity index (χ0v) is 16.6. The van der Waals surface area contributed by atoms with Crippen LogP contribution >= 0.6 is 22.9 Å². The summed E-state index contributed by atoms with van der Waals surface area (Å²) in [5.41, 5.74) is 1.38. The SMILES string of the molecule is CC(=O)NCCc1cn(S(=O)(=O)c2c(Cl)nc3sccn23)c2ccccc12. The summed E-state index contributed by atoms with van der Waals surface area (Å²) in [5, 5.41) is 5.18. The number of hydrogen-bond donors (Lipinski definition) is 1. The first-order valence-electron chi connectivity index (χ1n) is 8.09. The Hall–Kier alpha value is -2.36. The molecule has 7 nitrogen and oxygen atoms in total. The van der Waals surface area contributed by atoms with Crippen LogP contribution in [0.4, 0.5) is 0 Å². The van der Waals surface area contributed by atoms with Gasteiger partial charge in [0.05, 0.1) is 5.52 Å². The van der Waals surface area contributed by atoms with E-state index in [2.05, 4.69) is 10.3 Å². The molecule has 0 unspecified atom stereocenters. The monoisotopic (exact) mass is 422 g/mol. The number of nitrogens with one attached hydrogen (secondary N) is 1. The number of para-hydroxylation sites is 1. The van der Waals surface area contributed by atoms with E-state index in [0.29, 0.717) is 23.4 Å². The van der Waals surface area contributed by atoms with Crippen molar-refractivity contribution in [3.05, 3.63) is 52.8 Å². The van der Waals surface area contributed by atoms with E-state index in [1.54, 1.807) is 29.9 Å². The van der Waals surface area contributed by atoms with Crippen LogP contribution in [-0.2, 0) is 21.2 Å². The topological polar surface area (TPSA) is 85.5 Å². The molecular weight excluding hydrogens is 408 g/mol. The Morgan fingerprint density at radius 3 is 2.89 bits per heavy atom. The van der Waals surface area contributed by atoms with Crippen molar-refractivity contribution in [1.82, 2.24) is 18.7 Å². The first-order valence-corrected chi connectivity index (χ1v) is 10.8. The van der Waals surface area contributed by atoms with E-state index in [-0.39, 0.29) is 16.1 Å². The minimum absolute atomic E-state index is 0.0561. The van der Waals surface area contributed by atoms with E-state index in [9.17, 15) is 13.2 Å². The maximum Gasteiger partial charge on any atom is 0.287 e. The van der Waals surface area contributed by atoms with Gasteiger partial charge in [-0.25, -0.2) is 8.96 Å². The highest BCUT2D eigenvalue weighted by molar-refractivity contribution is 7.90. The first-order chi connectivity index (χ1) is 12.9. The van der Waals surface area contributed by atoms with Crippen LogP contribution in [0.3, 0.4) is 0 Å². The van der Waals surface area contributed by atoms with Crippen molar-refractivity contribution in [3.63, 3.8) is 0 Å². The second-order valence-corrected chi connectivity index (χ2v) is 8.93. The molecule has 0 radical (unpaired) electrons. The van der Waals surface area contributed by atoms with Gasteiger partial charge in [-0.1, -0.05) is 29.8 Å². The molecule has 1 aromatic carbocycles. The Balaban J connectivity index is 1.87. The zero-order chi connectivity index (χ0) is 19.2. The van der Waals surface area contributed by atoms with Crippen molar-refractivity contribution in [3.8, 4) is 0 Å². The Kier molecular flexibility index (Phi) is 4.45. The minimum atomic E-state index is -3.97. The lowest BCUT2D eigenvalue weighted by molar-refractivity contribution is -0.118. The molecule has 4 rings (SSSR count). The molecule has 0 fully saturated rings. The second kappa shape index (κ2) is 6.66. The number of carbonyl (C=O) groups excluding carboxylic acids is 1. The van der Waals surface area contributed by atoms with Crippen molar-refractivity contribution in [2.45, 2.75) is 18.4 Å². The van der Waals surface area contributed by atoms with Gasteiger partial charge in [0.15, 0.2) is 10.1 Å². The number of hydrogen-bond acceptors (Lipinski definition) is 5. The Morgan fingerprint density at radius 2 is 2.11 bits per heavy atom. The predicted octanol–water partition coefficient (Wildman–Crippen LogP) is 2.92. The van der Waals surface area contributed by atoms with Crippen molar-refractivity contribution < 1.29 is 13.2 Å². The third kappa shape index (κ3) is 3.01. The van der Waals surface area contributed by atoms with Gasteiger partial charge in [0.2, 0.25) is 10.9 Å². The Morgan fingerprint density at radius 1 is 1.33 bits per heavy atom. The molecule has 0 saturated carbocycles. The average molecular weight is 423 g/mol. The fourth-order valence-corrected chi connectivity index (χ4v) is 5.86. The normalized spacial score (nSPS) is 12.1. The van der Waals surface area contributed by atoms with Crippen LogP contribution in [0.15, 0.2) is 47.1 Å². The van der Waals surface area contributed by atoms with Crippen LogP contribution in [0, 0.1) is 0 Å². The molecule has 3 aromatic heterocycles. The highest BCUT2D eigenvalue weighted by Gasteiger charge is 2.28. The number of thiazole rings is 1. The lowest BCUT2D eigenvalue weighted by Crippen LogP contribution is -2.22. The van der Waals surface area contributed by atoms with Crippen molar-refractivity contribution in [2.24, 2.45) is 0 Å². The van der Waals surface area contributed by atoms with Crippen LogP contribution in [0.2, 0.25) is 5.15 Å². The number of fused-ring (bicyclic) bond motifs is 2. The molecule has 10 heteroatoms. The fourth-order valence-electron chi connectivity index (χ4n) is 3.05. The number of imidazole rings is 1. The van der Waals surface area contributed by atoms with E-state index < -0.39 is 10.0 Å². The lowest BCUT2D eigenvalue weighted by atomic mass is 10.1. The fraction of sp³-hybridized carbons (Fsp3) is 0.176. The highest BCUT2D eigenvalue weighted by Crippen LogP contribution is 2.31. The molecule has 0 aliphatic carbocycles. The number of nitrogens with zero attached hydrogens (tertiary/aromatic N) is 3. The van der Waals surface area contributed by atoms with E-state index in [1.165, 1.54) is 26.6 Å². The summed E-state index contributed by atoms with van der Waals surface area (Å²) < 4.78 is 29.5. The van der Waals surface area contributed by atoms with Gasteiger partial charge in [0.25, 0.3) is 10.0 Å². The smallest absolute Gasteiger partial charge is 0.287 e. The van der Waals surface area contributed by atoms with E-state index >= 15 is 0 Å². The number of amides is 1. The molecule has 0 bridgehead atoms. The van der Waals surface area contributed by atoms with Gasteiger partial charge < -0.3 is 5.32 Å². The van der Waals surface area contributed by atoms with Gasteiger partial charge >= 0.3 is 0 Å². The molecule has 140 valence electrons. The van der Waals surface area contributed by atoms with Gasteiger partial charge in [-0.15, -0.1) is 11.3 Å². The van der Waals surface area contributed by atoms with Gasteiger partial charge in [-0.05, 0) is 18.1 Å². The second-order valence-electron chi connectivity index (χ2n) is 5.97. The molecule has 1 amide bonds. The van der Waals surface area contributed by atoms with Gasteiger partial charge in [-0.2, -0.15) is 8.42 Å². The van der Waals surface area contributed by atoms with Gasteiger partial charge in [0, 0.05) is 36.6 Å². The standard InChI is InChI=1S/C17H15ClN4O3S2/c1-11(23)19-7-6-12-10-22(14-5-3-2-4-13(12)14)27(24,25)16-15(18)20-17-21(16)8-9-26-17/h2-5,8-10H,6-7H2,1H3,(H,19,23). The van der Waals surface area contributed by atoms with Crippen molar-refractivity contribution >= 4 is 54.7 Å². The third-order valence-corrected chi connectivity index (χ3v) is 7.04. The summed E-state index contributed by atoms with van der Waals surface area (Å²) in [7, 11) is -3.97. The number of aromatic nitrogens is 3. The van der Waals surface area contributed by atoms with E-state index in [4.69, 9.17) is 11.6 Å². The first kappa shape index (κ1) is 18.0. The lowest BCUT2D eigenvalue weighted by Gasteiger charge is -2.06. The number of carbonyl (C=O) groups is 1. The molecule has 3 heterocycles. The molecule has 0 aliphatic heterocycles. The van der Waals surface area contributed by atoms with Crippen LogP contribution < -0.4 is 5.32 Å². The van der Waals surface area contributed by atoms with Crippen LogP contribution in [-0.4, -0.2) is 34.2 Å². The summed E-state index contributed by atoms with van der Waals surface area (Å²) in [4.78, 5) is 15.8. The minimum Gasteiger partial charge on any atom is -0.356 e. The predicted molar refractivity (Wildman–Crippen MR) is 105 cm³/mol. The molecule has 4 aromatic rings. The molecule has 0 atom stereocenters. The summed E-state index contributed by atoms with van der Waals surface area (Å²) in [6.45, 7) is 1.87. The zero-order valence-electron chi connectivity index (χ0n) is 14.2. The average Bonchev–Trinajstić information content (AvgIpc) is 3.27. The molecule has 0 aliphatic rings. The third-order valence-electron chi connectivity index (χ3n) is 4.21. The molecule has 27 heavy (non-hydrogen) atoms. The van der Waals surface area contributed by atoms with E-state index in [0.717, 1.165) is 10.9 Å². The molecular formula is C17H15ClN4O3S2. The summed E-state index contributed by atoms with van der Waals surface area (Å²) >= 11 is 7.46. The van der Waals surface area contributed by atoms with Crippen LogP contribution in [0.1, 0.15) is 12.5 Å². The molecule has 0 saturated heterocycles. The van der Waals surface area contributed by atoms with E-state index in [1.807, 2.05) is 12.1 Å². The number of halogens is 1. The Bertz CT molecular complexity index is 1270. The van der Waals surface area contributed by atoms with Crippen molar-refractivity contribution in [1.29, 1.82) is 0 Å². The van der Waals surface area contributed by atoms with Crippen molar-refractivity contribution in [2.75, 3.05) is 6.54 Å². The van der Waals surface area contributed by atoms with Crippen LogP contribution in [0.5, 0.6) is 0 Å². The van der Waals surface area contributed by atoms with Crippen LogP contribution in [0.25, 0.3) is 15.9 Å². The van der Waals surface area contributed by atoms with Gasteiger partial charge in [0.1, 0.15) is 0 Å². The quantitative estimate of drug-likeness (QED) is 0.535. The summed E-state index contributed by atoms with van der Waals surface area (Å²) in [6, 6.07) is 7.24. The summed E-state index contributed by atoms with van der Waals surface area (Å²) in [6.07, 6.45) is 3.73. The molecule has 0 spiro atoms. The number of benzene rings is 1. The maximum absolute atomic E-state index is 13.4.